The van der Waals surface area contributed by atoms with E-state index in [0.29, 0.717) is 53.3 Å². The standard InChI is InChI=1S/C32H42INO3/c1-29(2)19-36-32(37-20-29)15-13-26-28-23(12-14-31(26,35)18-32)25-10-11-27(33)30(25,3)17-24(28)22-8-6-21(7-9-22)5-4-16-34/h6-9,23-25,27,35H,10-20,34H2,1-3H3/t23?,24-,25?,27+,30?,31?/m1/s1. The first kappa shape index (κ1) is 26.3. The summed E-state index contributed by atoms with van der Waals surface area (Å²) < 4.78 is 13.5. The van der Waals surface area contributed by atoms with Gasteiger partial charge in [0.1, 0.15) is 0 Å². The van der Waals surface area contributed by atoms with Crippen molar-refractivity contribution in [1.29, 1.82) is 0 Å². The van der Waals surface area contributed by atoms with Crippen molar-refractivity contribution in [2.24, 2.45) is 28.4 Å². The number of alkyl halides is 1. The highest BCUT2D eigenvalue weighted by molar-refractivity contribution is 14.1. The number of benzene rings is 1. The largest absolute Gasteiger partial charge is 0.385 e. The molecule has 6 rings (SSSR count). The van der Waals surface area contributed by atoms with Crippen molar-refractivity contribution < 1.29 is 14.6 Å². The highest BCUT2D eigenvalue weighted by atomic mass is 127. The number of aliphatic hydroxyl groups is 1. The topological polar surface area (TPSA) is 64.7 Å². The van der Waals surface area contributed by atoms with Crippen molar-refractivity contribution in [3.05, 3.63) is 46.5 Å². The van der Waals surface area contributed by atoms with Crippen LogP contribution in [0.5, 0.6) is 0 Å². The summed E-state index contributed by atoms with van der Waals surface area (Å²) in [7, 11) is 0. The smallest absolute Gasteiger partial charge is 0.171 e. The molecule has 0 amide bonds. The van der Waals surface area contributed by atoms with Crippen LogP contribution >= 0.6 is 22.6 Å². The lowest BCUT2D eigenvalue weighted by atomic mass is 9.51. The highest BCUT2D eigenvalue weighted by Gasteiger charge is 2.60. The molecular weight excluding hydrogens is 573 g/mol. The van der Waals surface area contributed by atoms with Crippen molar-refractivity contribution in [3.8, 4) is 11.8 Å². The molecule has 4 unspecified atom stereocenters. The van der Waals surface area contributed by atoms with Gasteiger partial charge < -0.3 is 20.3 Å². The summed E-state index contributed by atoms with van der Waals surface area (Å²) in [5.74, 6) is 7.15. The van der Waals surface area contributed by atoms with Gasteiger partial charge in [-0.05, 0) is 79.0 Å². The first-order valence-electron chi connectivity index (χ1n) is 14.2. The quantitative estimate of drug-likeness (QED) is 0.174. The molecule has 5 heteroatoms. The number of rotatable bonds is 1. The fraction of sp³-hybridized carbons (Fsp3) is 0.688. The molecule has 5 aliphatic rings. The Hall–Kier alpha value is -0.910. The summed E-state index contributed by atoms with van der Waals surface area (Å²) in [5, 5.41) is 12.3. The summed E-state index contributed by atoms with van der Waals surface area (Å²) in [4.78, 5) is 0. The molecule has 0 bridgehead atoms. The van der Waals surface area contributed by atoms with Crippen molar-refractivity contribution in [3.63, 3.8) is 0 Å². The second-order valence-electron chi connectivity index (χ2n) is 13.5. The van der Waals surface area contributed by atoms with Gasteiger partial charge in [0.15, 0.2) is 5.79 Å². The Morgan fingerprint density at radius 2 is 1.78 bits per heavy atom. The molecule has 37 heavy (non-hydrogen) atoms. The van der Waals surface area contributed by atoms with Crippen molar-refractivity contribution in [1.82, 2.24) is 0 Å². The van der Waals surface area contributed by atoms with Gasteiger partial charge in [0.05, 0.1) is 25.4 Å². The van der Waals surface area contributed by atoms with Gasteiger partial charge in [-0.1, -0.05) is 72.9 Å². The van der Waals surface area contributed by atoms with E-state index >= 15 is 0 Å². The number of halogens is 1. The van der Waals surface area contributed by atoms with E-state index in [-0.39, 0.29) is 5.41 Å². The lowest BCUT2D eigenvalue weighted by molar-refractivity contribution is -0.322. The molecule has 1 heterocycles. The van der Waals surface area contributed by atoms with E-state index in [9.17, 15) is 5.11 Å². The van der Waals surface area contributed by atoms with Gasteiger partial charge in [-0.15, -0.1) is 0 Å². The lowest BCUT2D eigenvalue weighted by Crippen LogP contribution is -2.57. The molecule has 0 aromatic heterocycles. The van der Waals surface area contributed by atoms with Gasteiger partial charge in [0, 0.05) is 33.7 Å². The third kappa shape index (κ3) is 4.43. The summed E-state index contributed by atoms with van der Waals surface area (Å²) in [5.41, 5.74) is 10.4. The molecule has 3 N–H and O–H groups in total. The average Bonchev–Trinajstić information content (AvgIpc) is 3.18. The van der Waals surface area contributed by atoms with Crippen LogP contribution in [-0.4, -0.2) is 40.2 Å². The van der Waals surface area contributed by atoms with Crippen LogP contribution in [0, 0.1) is 34.5 Å². The Morgan fingerprint density at radius 3 is 2.49 bits per heavy atom. The second kappa shape index (κ2) is 9.34. The first-order valence-corrected chi connectivity index (χ1v) is 15.5. The molecule has 6 atom stereocenters. The van der Waals surface area contributed by atoms with Gasteiger partial charge in [-0.25, -0.2) is 0 Å². The maximum atomic E-state index is 12.3. The first-order chi connectivity index (χ1) is 17.6. The Morgan fingerprint density at radius 1 is 1.05 bits per heavy atom. The Balaban J connectivity index is 1.40. The number of hydrogen-bond acceptors (Lipinski definition) is 4. The van der Waals surface area contributed by atoms with Gasteiger partial charge >= 0.3 is 0 Å². The van der Waals surface area contributed by atoms with Gasteiger partial charge in [-0.3, -0.25) is 0 Å². The van der Waals surface area contributed by atoms with Gasteiger partial charge in [-0.2, -0.15) is 0 Å². The molecule has 4 aliphatic carbocycles. The van der Waals surface area contributed by atoms with Crippen molar-refractivity contribution >= 4 is 22.6 Å². The molecule has 4 fully saturated rings. The third-order valence-corrected chi connectivity index (χ3v) is 12.4. The summed E-state index contributed by atoms with van der Waals surface area (Å²) in [6, 6.07) is 8.87. The Bertz CT molecular complexity index is 1140. The molecular formula is C32H42INO3. The van der Waals surface area contributed by atoms with Crippen LogP contribution in [0.1, 0.15) is 89.2 Å². The fourth-order valence-corrected chi connectivity index (χ4v) is 9.52. The monoisotopic (exact) mass is 615 g/mol. The van der Waals surface area contributed by atoms with E-state index in [0.717, 1.165) is 37.7 Å². The number of fused-ring (bicyclic) bond motifs is 4. The molecule has 1 aliphatic heterocycles. The zero-order valence-electron chi connectivity index (χ0n) is 22.6. The molecule has 0 radical (unpaired) electrons. The predicted molar refractivity (Wildman–Crippen MR) is 155 cm³/mol. The van der Waals surface area contributed by atoms with Crippen LogP contribution in [0.15, 0.2) is 35.4 Å². The normalized spacial score (nSPS) is 39.8. The molecule has 1 spiro atoms. The number of allylic oxidation sites excluding steroid dienone is 1. The van der Waals surface area contributed by atoms with Crippen LogP contribution in [0.3, 0.4) is 0 Å². The van der Waals surface area contributed by atoms with E-state index in [4.69, 9.17) is 15.2 Å². The number of nitrogens with two attached hydrogens (primary N) is 1. The van der Waals surface area contributed by atoms with E-state index in [1.54, 1.807) is 5.57 Å². The minimum absolute atomic E-state index is 0.0301. The van der Waals surface area contributed by atoms with Crippen LogP contribution in [0.25, 0.3) is 0 Å². The lowest BCUT2D eigenvalue weighted by Gasteiger charge is -2.57. The average molecular weight is 616 g/mol. The fourth-order valence-electron chi connectivity index (χ4n) is 8.44. The van der Waals surface area contributed by atoms with E-state index < -0.39 is 11.4 Å². The number of ether oxygens (including phenoxy) is 2. The molecule has 1 aromatic carbocycles. The van der Waals surface area contributed by atoms with E-state index in [1.807, 2.05) is 0 Å². The predicted octanol–water partition coefficient (Wildman–Crippen LogP) is 6.09. The van der Waals surface area contributed by atoms with Gasteiger partial charge in [0.2, 0.25) is 0 Å². The van der Waals surface area contributed by atoms with Crippen LogP contribution in [0.2, 0.25) is 0 Å². The summed E-state index contributed by atoms with van der Waals surface area (Å²) >= 11 is 2.74. The van der Waals surface area contributed by atoms with Crippen molar-refractivity contribution in [2.45, 2.75) is 93.4 Å². The van der Waals surface area contributed by atoms with Gasteiger partial charge in [0.25, 0.3) is 0 Å². The molecule has 3 saturated carbocycles. The minimum atomic E-state index is -0.827. The molecule has 4 nitrogen and oxygen atoms in total. The summed E-state index contributed by atoms with van der Waals surface area (Å²) in [6.45, 7) is 8.70. The highest BCUT2D eigenvalue weighted by Crippen LogP contribution is 2.66. The zero-order valence-corrected chi connectivity index (χ0v) is 24.8. The molecule has 1 saturated heterocycles. The Kier molecular flexibility index (Phi) is 6.64. The minimum Gasteiger partial charge on any atom is -0.385 e. The summed E-state index contributed by atoms with van der Waals surface area (Å²) in [6.07, 6.45) is 7.96. The third-order valence-electron chi connectivity index (χ3n) is 10.4. The zero-order chi connectivity index (χ0) is 26.1. The SMILES string of the molecule is CC1(C)COC2(CCC3=C4C(CCC3(O)C2)C2CC[C@H](I)C2(C)C[C@@H]4c2ccc(C#CCN)cc2)OC1. The van der Waals surface area contributed by atoms with Crippen LogP contribution < -0.4 is 5.73 Å². The Labute approximate surface area is 236 Å². The van der Waals surface area contributed by atoms with Crippen molar-refractivity contribution in [2.75, 3.05) is 19.8 Å². The van der Waals surface area contributed by atoms with Crippen LogP contribution in [0.4, 0.5) is 0 Å². The maximum absolute atomic E-state index is 12.3. The van der Waals surface area contributed by atoms with E-state index in [2.05, 4.69) is 79.5 Å². The van der Waals surface area contributed by atoms with E-state index in [1.165, 1.54) is 24.0 Å². The molecule has 200 valence electrons. The van der Waals surface area contributed by atoms with Crippen LogP contribution in [-0.2, 0) is 9.47 Å². The maximum Gasteiger partial charge on any atom is 0.171 e. The number of hydrogen-bond donors (Lipinski definition) is 2. The molecule has 1 aromatic rings. The second-order valence-corrected chi connectivity index (χ2v) is 15.0.